The molecule has 0 saturated heterocycles. The summed E-state index contributed by atoms with van der Waals surface area (Å²) in [6.07, 6.45) is 5.49. The maximum Gasteiger partial charge on any atom is 0.266 e. The van der Waals surface area contributed by atoms with Gasteiger partial charge in [-0.25, -0.2) is 4.39 Å². The lowest BCUT2D eigenvalue weighted by Gasteiger charge is -2.14. The molecule has 196 valence electrons. The summed E-state index contributed by atoms with van der Waals surface area (Å²) in [5, 5.41) is 16.3. The number of carbonyl (C=O) groups is 2. The van der Waals surface area contributed by atoms with E-state index in [1.165, 1.54) is 29.1 Å². The maximum atomic E-state index is 13.6. The summed E-state index contributed by atoms with van der Waals surface area (Å²) in [5.74, 6) is -1.14. The third-order valence-electron chi connectivity index (χ3n) is 6.85. The second-order valence-electron chi connectivity index (χ2n) is 9.50. The lowest BCUT2D eigenvalue weighted by atomic mass is 9.95. The van der Waals surface area contributed by atoms with Crippen molar-refractivity contribution >= 4 is 40.6 Å². The van der Waals surface area contributed by atoms with Crippen LogP contribution in [0.1, 0.15) is 50.6 Å². The monoisotopic (exact) mass is 538 g/mol. The molecule has 2 aromatic carbocycles. The third-order valence-corrected chi connectivity index (χ3v) is 8.13. The number of nitrogens with zero attached hydrogens (tertiary/aromatic N) is 2. The summed E-state index contributed by atoms with van der Waals surface area (Å²) < 4.78 is 15.3. The van der Waals surface area contributed by atoms with Gasteiger partial charge in [0.2, 0.25) is 0 Å². The molecule has 0 fully saturated rings. The van der Waals surface area contributed by atoms with Crippen molar-refractivity contribution < 1.29 is 14.0 Å². The number of anilines is 2. The van der Waals surface area contributed by atoms with Crippen molar-refractivity contribution in [1.82, 2.24) is 4.57 Å². The fourth-order valence-electron chi connectivity index (χ4n) is 4.94. The Hall–Kier alpha value is -4.48. The van der Waals surface area contributed by atoms with Gasteiger partial charge in [-0.05, 0) is 99.2 Å². The molecule has 0 aliphatic heterocycles. The molecule has 2 amide bonds. The van der Waals surface area contributed by atoms with Crippen LogP contribution in [0.4, 0.5) is 15.8 Å². The molecule has 2 heterocycles. The molecule has 0 saturated carbocycles. The van der Waals surface area contributed by atoms with Crippen molar-refractivity contribution in [3.63, 3.8) is 0 Å². The van der Waals surface area contributed by atoms with E-state index in [1.807, 2.05) is 60.9 Å². The molecule has 1 aliphatic rings. The zero-order valence-electron chi connectivity index (χ0n) is 21.7. The van der Waals surface area contributed by atoms with E-state index in [0.29, 0.717) is 16.8 Å². The first-order valence-corrected chi connectivity index (χ1v) is 13.6. The number of rotatable bonds is 6. The average Bonchev–Trinajstić information content (AvgIpc) is 3.44. The third kappa shape index (κ3) is 5.40. The predicted octanol–water partition coefficient (Wildman–Crippen LogP) is 6.97. The second kappa shape index (κ2) is 11.1. The molecule has 8 heteroatoms. The molecule has 4 aromatic rings. The van der Waals surface area contributed by atoms with Crippen LogP contribution in [0.5, 0.6) is 0 Å². The van der Waals surface area contributed by atoms with Crippen LogP contribution in [0, 0.1) is 31.0 Å². The van der Waals surface area contributed by atoms with Crippen molar-refractivity contribution in [3.05, 3.63) is 105 Å². The molecular weight excluding hydrogens is 511 g/mol. The Morgan fingerprint density at radius 3 is 2.41 bits per heavy atom. The lowest BCUT2D eigenvalue weighted by molar-refractivity contribution is -0.112. The molecule has 1 aliphatic carbocycles. The highest BCUT2D eigenvalue weighted by molar-refractivity contribution is 7.15. The number of nitrogens with one attached hydrogen (secondary N) is 2. The number of hydrogen-bond donors (Lipinski definition) is 2. The highest BCUT2D eigenvalue weighted by atomic mass is 32.1. The Morgan fingerprint density at radius 1 is 1.00 bits per heavy atom. The zero-order chi connectivity index (χ0) is 27.5. The van der Waals surface area contributed by atoms with Crippen LogP contribution in [0.25, 0.3) is 11.1 Å². The second-order valence-corrected chi connectivity index (χ2v) is 10.6. The fourth-order valence-corrected chi connectivity index (χ4v) is 6.44. The summed E-state index contributed by atoms with van der Waals surface area (Å²) in [4.78, 5) is 27.7. The van der Waals surface area contributed by atoms with Crippen LogP contribution in [0.15, 0.2) is 66.2 Å². The first kappa shape index (κ1) is 26.1. The number of thiophene rings is 1. The lowest BCUT2D eigenvalue weighted by Crippen LogP contribution is -2.17. The van der Waals surface area contributed by atoms with E-state index in [4.69, 9.17) is 0 Å². The van der Waals surface area contributed by atoms with E-state index < -0.39 is 11.7 Å². The number of amides is 2. The van der Waals surface area contributed by atoms with Gasteiger partial charge in [-0.15, -0.1) is 11.3 Å². The van der Waals surface area contributed by atoms with Crippen molar-refractivity contribution in [2.24, 2.45) is 0 Å². The van der Waals surface area contributed by atoms with Crippen molar-refractivity contribution in [2.75, 3.05) is 10.6 Å². The minimum absolute atomic E-state index is 0.0768. The van der Waals surface area contributed by atoms with Gasteiger partial charge in [-0.2, -0.15) is 5.26 Å². The van der Waals surface area contributed by atoms with Gasteiger partial charge in [0.1, 0.15) is 22.5 Å². The van der Waals surface area contributed by atoms with Crippen LogP contribution in [0.2, 0.25) is 0 Å². The number of carbonyl (C=O) groups excluding carboxylic acids is 2. The Balaban J connectivity index is 1.52. The predicted molar refractivity (Wildman–Crippen MR) is 153 cm³/mol. The Kier molecular flexibility index (Phi) is 7.44. The molecule has 0 bridgehead atoms. The van der Waals surface area contributed by atoms with Crippen LogP contribution in [0.3, 0.4) is 0 Å². The number of halogens is 1. The Labute approximate surface area is 230 Å². The number of hydrogen-bond acceptors (Lipinski definition) is 4. The molecular formula is C31H27FN4O2S. The van der Waals surface area contributed by atoms with E-state index in [2.05, 4.69) is 10.6 Å². The summed E-state index contributed by atoms with van der Waals surface area (Å²) in [6.45, 7) is 3.87. The van der Waals surface area contributed by atoms with Gasteiger partial charge in [0.15, 0.2) is 0 Å². The minimum Gasteiger partial charge on any atom is -0.322 e. The maximum absolute atomic E-state index is 13.6. The van der Waals surface area contributed by atoms with Gasteiger partial charge >= 0.3 is 0 Å². The highest BCUT2D eigenvalue weighted by Crippen LogP contribution is 2.39. The van der Waals surface area contributed by atoms with Gasteiger partial charge < -0.3 is 15.2 Å². The normalized spacial score (nSPS) is 12.9. The van der Waals surface area contributed by atoms with Crippen LogP contribution in [-0.4, -0.2) is 16.4 Å². The van der Waals surface area contributed by atoms with E-state index in [1.54, 1.807) is 17.4 Å². The average molecular weight is 539 g/mol. The minimum atomic E-state index is -0.580. The summed E-state index contributed by atoms with van der Waals surface area (Å²) in [7, 11) is 0. The van der Waals surface area contributed by atoms with Crippen LogP contribution in [-0.2, 0) is 17.6 Å². The molecule has 0 atom stereocenters. The molecule has 2 aromatic heterocycles. The van der Waals surface area contributed by atoms with E-state index >= 15 is 0 Å². The molecule has 2 N–H and O–H groups in total. The molecule has 0 unspecified atom stereocenters. The van der Waals surface area contributed by atoms with Crippen molar-refractivity contribution in [2.45, 2.75) is 39.5 Å². The van der Waals surface area contributed by atoms with Crippen molar-refractivity contribution in [1.29, 1.82) is 5.26 Å². The summed E-state index contributed by atoms with van der Waals surface area (Å²) >= 11 is 1.64. The van der Waals surface area contributed by atoms with Gasteiger partial charge in [0.05, 0.1) is 5.56 Å². The first-order valence-electron chi connectivity index (χ1n) is 12.7. The van der Waals surface area contributed by atoms with E-state index in [-0.39, 0.29) is 11.5 Å². The zero-order valence-corrected chi connectivity index (χ0v) is 22.5. The number of aromatic nitrogens is 1. The number of para-hydroxylation sites is 1. The smallest absolute Gasteiger partial charge is 0.266 e. The molecule has 6 nitrogen and oxygen atoms in total. The molecule has 5 rings (SSSR count). The van der Waals surface area contributed by atoms with Crippen LogP contribution >= 0.6 is 11.3 Å². The standard InChI is InChI=1S/C31H27FN4O2S/c1-19-16-21(17-22(18-33)29(37)34-25-14-12-23(32)13-15-25)20(2)36(19)31-28(26-10-6-7-11-27(26)39-31)30(38)35-24-8-4-3-5-9-24/h3-5,8-9,12-17H,6-7,10-11H2,1-2H3,(H,34,37)(H,35,38)/b22-17-. The molecule has 0 spiro atoms. The Bertz CT molecular complexity index is 1630. The van der Waals surface area contributed by atoms with Gasteiger partial charge in [-0.3, -0.25) is 9.59 Å². The first-order chi connectivity index (χ1) is 18.9. The SMILES string of the molecule is Cc1cc(/C=C(/C#N)C(=O)Nc2ccc(F)cc2)c(C)n1-c1sc2c(c1C(=O)Nc1ccccc1)CCCC2. The number of fused-ring (bicyclic) bond motifs is 1. The van der Waals surface area contributed by atoms with Crippen LogP contribution < -0.4 is 10.6 Å². The van der Waals surface area contributed by atoms with Crippen molar-refractivity contribution in [3.8, 4) is 11.1 Å². The fraction of sp³-hybridized carbons (Fsp3) is 0.194. The summed E-state index contributed by atoms with van der Waals surface area (Å²) in [5.41, 5.74) is 5.27. The van der Waals surface area contributed by atoms with Gasteiger partial charge in [0, 0.05) is 27.6 Å². The topological polar surface area (TPSA) is 86.9 Å². The molecule has 39 heavy (non-hydrogen) atoms. The summed E-state index contributed by atoms with van der Waals surface area (Å²) in [6, 6.07) is 18.7. The number of benzene rings is 2. The molecule has 0 radical (unpaired) electrons. The van der Waals surface area contributed by atoms with E-state index in [0.717, 1.165) is 53.3 Å². The number of aryl methyl sites for hydroxylation is 2. The quantitative estimate of drug-likeness (QED) is 0.205. The van der Waals surface area contributed by atoms with Gasteiger partial charge in [-0.1, -0.05) is 18.2 Å². The highest BCUT2D eigenvalue weighted by Gasteiger charge is 2.28. The largest absolute Gasteiger partial charge is 0.322 e. The van der Waals surface area contributed by atoms with E-state index in [9.17, 15) is 19.2 Å². The Morgan fingerprint density at radius 2 is 1.69 bits per heavy atom. The van der Waals surface area contributed by atoms with Gasteiger partial charge in [0.25, 0.3) is 11.8 Å². The number of nitriles is 1.